The number of piperidine rings is 1. The first-order valence-electron chi connectivity index (χ1n) is 10.9. The first-order valence-corrected chi connectivity index (χ1v) is 10.9. The van der Waals surface area contributed by atoms with E-state index >= 15 is 4.39 Å². The Kier molecular flexibility index (Phi) is 6.00. The molecule has 1 atom stereocenters. The van der Waals surface area contributed by atoms with Gasteiger partial charge >= 0.3 is 0 Å². The van der Waals surface area contributed by atoms with Gasteiger partial charge in [0, 0.05) is 49.9 Å². The van der Waals surface area contributed by atoms with Gasteiger partial charge in [0.1, 0.15) is 5.67 Å². The van der Waals surface area contributed by atoms with Crippen molar-refractivity contribution in [2.75, 3.05) is 31.1 Å². The molecule has 0 spiro atoms. The SMILES string of the molecule is CC(c1ccc(N2CCCC2)cc1)N1CCC(F)(CC(=O)c2ccccc2)CC1. The number of hydrogen-bond donors (Lipinski definition) is 0. The van der Waals surface area contributed by atoms with Crippen LogP contribution in [0.4, 0.5) is 10.1 Å². The number of anilines is 1. The van der Waals surface area contributed by atoms with Crippen LogP contribution in [0.5, 0.6) is 0 Å². The molecule has 0 radical (unpaired) electrons. The zero-order valence-corrected chi connectivity index (χ0v) is 17.3. The maximum Gasteiger partial charge on any atom is 0.166 e. The van der Waals surface area contributed by atoms with E-state index in [0.717, 1.165) is 13.1 Å². The minimum Gasteiger partial charge on any atom is -0.372 e. The quantitative estimate of drug-likeness (QED) is 0.611. The fraction of sp³-hybridized carbons (Fsp3) is 0.480. The number of carbonyl (C=O) groups excluding carboxylic acids is 1. The summed E-state index contributed by atoms with van der Waals surface area (Å²) in [6, 6.07) is 18.2. The first kappa shape index (κ1) is 20.1. The second kappa shape index (κ2) is 8.66. The summed E-state index contributed by atoms with van der Waals surface area (Å²) in [5.41, 5.74) is 1.81. The Morgan fingerprint density at radius 3 is 2.21 bits per heavy atom. The summed E-state index contributed by atoms with van der Waals surface area (Å²) < 4.78 is 15.3. The number of hydrogen-bond acceptors (Lipinski definition) is 3. The van der Waals surface area contributed by atoms with Crippen molar-refractivity contribution in [1.29, 1.82) is 0 Å². The molecule has 2 saturated heterocycles. The van der Waals surface area contributed by atoms with Crippen molar-refractivity contribution in [2.45, 2.75) is 50.7 Å². The van der Waals surface area contributed by atoms with Crippen molar-refractivity contribution in [2.24, 2.45) is 0 Å². The second-order valence-electron chi connectivity index (χ2n) is 8.61. The zero-order chi connectivity index (χ0) is 20.3. The van der Waals surface area contributed by atoms with E-state index in [4.69, 9.17) is 0 Å². The third kappa shape index (κ3) is 4.69. The normalized spacial score (nSPS) is 20.6. The maximum atomic E-state index is 15.3. The van der Waals surface area contributed by atoms with Crippen LogP contribution >= 0.6 is 0 Å². The molecule has 2 aromatic rings. The molecule has 2 aliphatic rings. The highest BCUT2D eigenvalue weighted by Gasteiger charge is 2.38. The monoisotopic (exact) mass is 394 g/mol. The molecule has 0 N–H and O–H groups in total. The van der Waals surface area contributed by atoms with E-state index in [1.54, 1.807) is 12.1 Å². The highest BCUT2D eigenvalue weighted by atomic mass is 19.1. The molecule has 0 amide bonds. The molecule has 2 fully saturated rings. The lowest BCUT2D eigenvalue weighted by Crippen LogP contribution is -2.43. The minimum absolute atomic E-state index is 0.0102. The zero-order valence-electron chi connectivity index (χ0n) is 17.3. The van der Waals surface area contributed by atoms with Crippen LogP contribution in [-0.4, -0.2) is 42.5 Å². The molecule has 29 heavy (non-hydrogen) atoms. The van der Waals surface area contributed by atoms with Gasteiger partial charge in [-0.25, -0.2) is 4.39 Å². The van der Waals surface area contributed by atoms with Crippen LogP contribution in [0.1, 0.15) is 61.0 Å². The van der Waals surface area contributed by atoms with Gasteiger partial charge in [-0.2, -0.15) is 0 Å². The summed E-state index contributed by atoms with van der Waals surface area (Å²) >= 11 is 0. The highest BCUT2D eigenvalue weighted by molar-refractivity contribution is 5.96. The highest BCUT2D eigenvalue weighted by Crippen LogP contribution is 2.35. The number of nitrogens with zero attached hydrogens (tertiary/aromatic N) is 2. The molecular formula is C25H31FN2O. The Hall–Kier alpha value is -2.20. The number of benzene rings is 2. The van der Waals surface area contributed by atoms with Gasteiger partial charge in [0.2, 0.25) is 0 Å². The van der Waals surface area contributed by atoms with Gasteiger partial charge in [0.05, 0.1) is 0 Å². The summed E-state index contributed by atoms with van der Waals surface area (Å²) in [4.78, 5) is 17.2. The first-order chi connectivity index (χ1) is 14.0. The van der Waals surface area contributed by atoms with E-state index < -0.39 is 5.67 Å². The molecule has 154 valence electrons. The second-order valence-corrected chi connectivity index (χ2v) is 8.61. The van der Waals surface area contributed by atoms with E-state index in [2.05, 4.69) is 41.0 Å². The van der Waals surface area contributed by atoms with Crippen molar-refractivity contribution in [3.8, 4) is 0 Å². The Balaban J connectivity index is 1.33. The maximum absolute atomic E-state index is 15.3. The van der Waals surface area contributed by atoms with E-state index in [-0.39, 0.29) is 18.2 Å². The predicted octanol–water partition coefficient (Wildman–Crippen LogP) is 5.42. The van der Waals surface area contributed by atoms with E-state index in [1.165, 1.54) is 24.1 Å². The molecule has 0 aromatic heterocycles. The molecular weight excluding hydrogens is 363 g/mol. The van der Waals surface area contributed by atoms with E-state index in [0.29, 0.717) is 31.5 Å². The van der Waals surface area contributed by atoms with Crippen molar-refractivity contribution < 1.29 is 9.18 Å². The predicted molar refractivity (Wildman–Crippen MR) is 116 cm³/mol. The average molecular weight is 395 g/mol. The summed E-state index contributed by atoms with van der Waals surface area (Å²) in [6.07, 6.45) is 3.39. The number of halogens is 1. The molecule has 4 heteroatoms. The third-order valence-corrected chi connectivity index (χ3v) is 6.66. The molecule has 3 nitrogen and oxygen atoms in total. The summed E-state index contributed by atoms with van der Waals surface area (Å²) in [7, 11) is 0. The molecule has 2 heterocycles. The van der Waals surface area contributed by atoms with Gasteiger partial charge in [-0.15, -0.1) is 0 Å². The van der Waals surface area contributed by atoms with Gasteiger partial charge in [0.15, 0.2) is 5.78 Å². The van der Waals surface area contributed by atoms with Crippen molar-refractivity contribution in [3.63, 3.8) is 0 Å². The summed E-state index contributed by atoms with van der Waals surface area (Å²) in [5, 5.41) is 0. The Morgan fingerprint density at radius 1 is 0.966 bits per heavy atom. The van der Waals surface area contributed by atoms with Crippen LogP contribution in [-0.2, 0) is 0 Å². The van der Waals surface area contributed by atoms with Crippen LogP contribution in [0.2, 0.25) is 0 Å². The third-order valence-electron chi connectivity index (χ3n) is 6.66. The molecule has 4 rings (SSSR count). The number of Topliss-reactive ketones (excluding diaryl/α,β-unsaturated/α-hetero) is 1. The van der Waals surface area contributed by atoms with Gasteiger partial charge in [-0.3, -0.25) is 9.69 Å². The smallest absolute Gasteiger partial charge is 0.166 e. The molecule has 0 aliphatic carbocycles. The van der Waals surface area contributed by atoms with Gasteiger partial charge in [-0.05, 0) is 50.3 Å². The molecule has 0 saturated carbocycles. The summed E-state index contributed by atoms with van der Waals surface area (Å²) in [6.45, 7) is 5.88. The topological polar surface area (TPSA) is 23.6 Å². The average Bonchev–Trinajstić information content (AvgIpc) is 3.29. The Morgan fingerprint density at radius 2 is 1.59 bits per heavy atom. The standard InChI is InChI=1S/C25H31FN2O/c1-20(21-9-11-23(12-10-21)28-15-5-6-16-28)27-17-13-25(26,14-18-27)19-24(29)22-7-3-2-4-8-22/h2-4,7-12,20H,5-6,13-19H2,1H3. The van der Waals surface area contributed by atoms with Gasteiger partial charge in [0.25, 0.3) is 0 Å². The molecule has 2 aromatic carbocycles. The molecule has 1 unspecified atom stereocenters. The molecule has 2 aliphatic heterocycles. The van der Waals surface area contributed by atoms with Crippen LogP contribution < -0.4 is 4.90 Å². The minimum atomic E-state index is -1.39. The van der Waals surface area contributed by atoms with E-state index in [9.17, 15) is 4.79 Å². The Labute approximate surface area is 173 Å². The lowest BCUT2D eigenvalue weighted by molar-refractivity contribution is 0.0339. The largest absolute Gasteiger partial charge is 0.372 e. The van der Waals surface area contributed by atoms with Crippen LogP contribution in [0.25, 0.3) is 0 Å². The van der Waals surface area contributed by atoms with Crippen LogP contribution in [0, 0.1) is 0 Å². The summed E-state index contributed by atoms with van der Waals surface area (Å²) in [5.74, 6) is -0.0906. The number of carbonyl (C=O) groups is 1. The number of rotatable bonds is 6. The number of ketones is 1. The van der Waals surface area contributed by atoms with E-state index in [1.807, 2.05) is 18.2 Å². The number of alkyl halides is 1. The van der Waals surface area contributed by atoms with Crippen molar-refractivity contribution in [3.05, 3.63) is 65.7 Å². The fourth-order valence-electron chi connectivity index (χ4n) is 4.65. The van der Waals surface area contributed by atoms with Gasteiger partial charge < -0.3 is 4.90 Å². The van der Waals surface area contributed by atoms with Gasteiger partial charge in [-0.1, -0.05) is 42.5 Å². The molecule has 0 bridgehead atoms. The van der Waals surface area contributed by atoms with Crippen LogP contribution in [0.3, 0.4) is 0 Å². The van der Waals surface area contributed by atoms with Crippen molar-refractivity contribution >= 4 is 11.5 Å². The Bertz CT molecular complexity index is 806. The fourth-order valence-corrected chi connectivity index (χ4v) is 4.65. The lowest BCUT2D eigenvalue weighted by Gasteiger charge is -2.39. The number of likely N-dealkylation sites (tertiary alicyclic amines) is 1. The lowest BCUT2D eigenvalue weighted by atomic mass is 9.86. The van der Waals surface area contributed by atoms with Crippen LogP contribution in [0.15, 0.2) is 54.6 Å². The van der Waals surface area contributed by atoms with Crippen molar-refractivity contribution in [1.82, 2.24) is 4.90 Å².